The van der Waals surface area contributed by atoms with E-state index >= 15 is 0 Å². The zero-order valence-corrected chi connectivity index (χ0v) is 13.9. The summed E-state index contributed by atoms with van der Waals surface area (Å²) in [6.07, 6.45) is 13.9. The molecule has 2 atom stereocenters. The smallest absolute Gasteiger partial charge is 0.0710 e. The molecule has 3 nitrogen and oxygen atoms in total. The Hall–Kier alpha value is -0.120. The lowest BCUT2D eigenvalue weighted by Gasteiger charge is -2.36. The fourth-order valence-corrected chi connectivity index (χ4v) is 4.61. The molecule has 0 aromatic carbocycles. The van der Waals surface area contributed by atoms with Crippen molar-refractivity contribution >= 4 is 0 Å². The van der Waals surface area contributed by atoms with Gasteiger partial charge in [-0.3, -0.25) is 4.90 Å². The molecule has 0 radical (unpaired) electrons. The van der Waals surface area contributed by atoms with E-state index in [-0.39, 0.29) is 0 Å². The van der Waals surface area contributed by atoms with Gasteiger partial charge in [0.05, 0.1) is 11.7 Å². The van der Waals surface area contributed by atoms with Crippen LogP contribution in [0.4, 0.5) is 0 Å². The minimum atomic E-state index is 0.290. The highest BCUT2D eigenvalue weighted by atomic mass is 16.5. The number of likely N-dealkylation sites (tertiary alicyclic amines) is 1. The van der Waals surface area contributed by atoms with Gasteiger partial charge in [0.1, 0.15) is 0 Å². The molecule has 0 aromatic rings. The number of rotatable bonds is 5. The Balaban J connectivity index is 1.44. The molecule has 2 aliphatic heterocycles. The number of nitrogens with zero attached hydrogens (tertiary/aromatic N) is 1. The molecule has 0 aromatic heterocycles. The lowest BCUT2D eigenvalue weighted by molar-refractivity contribution is -0.0734. The summed E-state index contributed by atoms with van der Waals surface area (Å²) in [5, 5.41) is 3.70. The highest BCUT2D eigenvalue weighted by Crippen LogP contribution is 2.42. The fraction of sp³-hybridized carbons (Fsp3) is 1.00. The molecule has 1 spiro atoms. The summed E-state index contributed by atoms with van der Waals surface area (Å²) in [7, 11) is 0. The quantitative estimate of drug-likeness (QED) is 0.842. The van der Waals surface area contributed by atoms with Gasteiger partial charge in [0.15, 0.2) is 0 Å². The van der Waals surface area contributed by atoms with Gasteiger partial charge in [0, 0.05) is 19.1 Å². The molecule has 3 rings (SSSR count). The van der Waals surface area contributed by atoms with E-state index < -0.39 is 0 Å². The molecule has 122 valence electrons. The van der Waals surface area contributed by atoms with Gasteiger partial charge < -0.3 is 10.1 Å². The van der Waals surface area contributed by atoms with Crippen LogP contribution in [0, 0.1) is 0 Å². The van der Waals surface area contributed by atoms with Crippen molar-refractivity contribution < 1.29 is 4.74 Å². The maximum Gasteiger partial charge on any atom is 0.0710 e. The van der Waals surface area contributed by atoms with Gasteiger partial charge in [0.2, 0.25) is 0 Å². The monoisotopic (exact) mass is 294 g/mol. The second-order valence-corrected chi connectivity index (χ2v) is 7.58. The topological polar surface area (TPSA) is 24.5 Å². The summed E-state index contributed by atoms with van der Waals surface area (Å²) < 4.78 is 6.55. The summed E-state index contributed by atoms with van der Waals surface area (Å²) in [6, 6.07) is 0.712. The number of hydrogen-bond acceptors (Lipinski definition) is 3. The molecule has 1 N–H and O–H groups in total. The Morgan fingerprint density at radius 2 is 1.95 bits per heavy atom. The maximum absolute atomic E-state index is 6.55. The molecule has 1 aliphatic carbocycles. The first-order valence-corrected chi connectivity index (χ1v) is 9.43. The molecular formula is C18H34N2O. The molecule has 3 aliphatic rings. The van der Waals surface area contributed by atoms with Gasteiger partial charge in [-0.1, -0.05) is 26.2 Å². The van der Waals surface area contributed by atoms with E-state index in [1.54, 1.807) is 0 Å². The zero-order valence-electron chi connectivity index (χ0n) is 13.9. The largest absolute Gasteiger partial charge is 0.370 e. The van der Waals surface area contributed by atoms with E-state index in [1.165, 1.54) is 90.4 Å². The van der Waals surface area contributed by atoms with Gasteiger partial charge in [0.25, 0.3) is 0 Å². The van der Waals surface area contributed by atoms with E-state index in [1.807, 2.05) is 0 Å². The highest BCUT2D eigenvalue weighted by Gasteiger charge is 2.41. The second kappa shape index (κ2) is 7.43. The van der Waals surface area contributed by atoms with Crippen molar-refractivity contribution in [2.45, 2.75) is 88.9 Å². The fourth-order valence-electron chi connectivity index (χ4n) is 4.61. The third kappa shape index (κ3) is 4.20. The highest BCUT2D eigenvalue weighted by molar-refractivity contribution is 4.92. The average Bonchev–Trinajstić information content (AvgIpc) is 2.88. The first-order chi connectivity index (χ1) is 10.3. The predicted octanol–water partition coefficient (Wildman–Crippen LogP) is 3.33. The standard InChI is InChI=1S/C18H34N2O/c1-2-12-19-16-7-6-13-20(14-16)15-17-8-11-18(21-17)9-4-3-5-10-18/h16-17,19H,2-15H2,1H3. The van der Waals surface area contributed by atoms with Crippen molar-refractivity contribution in [3.8, 4) is 0 Å². The van der Waals surface area contributed by atoms with Crippen molar-refractivity contribution in [2.75, 3.05) is 26.2 Å². The van der Waals surface area contributed by atoms with Gasteiger partial charge in [-0.25, -0.2) is 0 Å². The van der Waals surface area contributed by atoms with Crippen LogP contribution in [0.25, 0.3) is 0 Å². The van der Waals surface area contributed by atoms with Crippen LogP contribution in [-0.2, 0) is 4.74 Å². The van der Waals surface area contributed by atoms with Gasteiger partial charge in [-0.05, 0) is 58.0 Å². The van der Waals surface area contributed by atoms with Crippen LogP contribution in [0.15, 0.2) is 0 Å². The molecule has 2 unspecified atom stereocenters. The number of piperidine rings is 1. The van der Waals surface area contributed by atoms with E-state index in [0.29, 0.717) is 17.7 Å². The van der Waals surface area contributed by atoms with Crippen molar-refractivity contribution in [1.29, 1.82) is 0 Å². The van der Waals surface area contributed by atoms with E-state index in [9.17, 15) is 0 Å². The average molecular weight is 294 g/mol. The third-order valence-electron chi connectivity index (χ3n) is 5.75. The molecule has 21 heavy (non-hydrogen) atoms. The number of nitrogens with one attached hydrogen (secondary N) is 1. The van der Waals surface area contributed by atoms with E-state index in [0.717, 1.165) is 0 Å². The molecule has 0 bridgehead atoms. The van der Waals surface area contributed by atoms with Crippen LogP contribution >= 0.6 is 0 Å². The van der Waals surface area contributed by atoms with Crippen LogP contribution in [0.1, 0.15) is 71.1 Å². The molecule has 2 heterocycles. The Morgan fingerprint density at radius 1 is 1.10 bits per heavy atom. The first-order valence-electron chi connectivity index (χ1n) is 9.43. The molecule has 2 saturated heterocycles. The maximum atomic E-state index is 6.55. The van der Waals surface area contributed by atoms with Crippen molar-refractivity contribution in [2.24, 2.45) is 0 Å². The Bertz CT molecular complexity index is 314. The van der Waals surface area contributed by atoms with Crippen molar-refractivity contribution in [3.63, 3.8) is 0 Å². The molecule has 3 heteroatoms. The van der Waals surface area contributed by atoms with Crippen LogP contribution in [0.5, 0.6) is 0 Å². The van der Waals surface area contributed by atoms with Crippen LogP contribution in [0.2, 0.25) is 0 Å². The zero-order chi connectivity index (χ0) is 14.5. The SMILES string of the molecule is CCCNC1CCCN(CC2CCC3(CCCCC3)O2)C1. The molecular weight excluding hydrogens is 260 g/mol. The van der Waals surface area contributed by atoms with E-state index in [2.05, 4.69) is 17.1 Å². The van der Waals surface area contributed by atoms with E-state index in [4.69, 9.17) is 4.74 Å². The molecule has 3 fully saturated rings. The molecule has 1 saturated carbocycles. The van der Waals surface area contributed by atoms with Gasteiger partial charge in [-0.15, -0.1) is 0 Å². The van der Waals surface area contributed by atoms with Gasteiger partial charge in [-0.2, -0.15) is 0 Å². The number of ether oxygens (including phenoxy) is 1. The summed E-state index contributed by atoms with van der Waals surface area (Å²) in [4.78, 5) is 2.66. The van der Waals surface area contributed by atoms with Crippen molar-refractivity contribution in [1.82, 2.24) is 10.2 Å². The third-order valence-corrected chi connectivity index (χ3v) is 5.75. The minimum Gasteiger partial charge on any atom is -0.370 e. The number of hydrogen-bond donors (Lipinski definition) is 1. The first kappa shape index (κ1) is 15.8. The lowest BCUT2D eigenvalue weighted by Crippen LogP contribution is -2.48. The van der Waals surface area contributed by atoms with Gasteiger partial charge >= 0.3 is 0 Å². The Labute approximate surface area is 130 Å². The Kier molecular flexibility index (Phi) is 5.58. The minimum absolute atomic E-state index is 0.290. The lowest BCUT2D eigenvalue weighted by atomic mass is 9.83. The summed E-state index contributed by atoms with van der Waals surface area (Å²) in [5.41, 5.74) is 0.290. The summed E-state index contributed by atoms with van der Waals surface area (Å²) in [5.74, 6) is 0. The Morgan fingerprint density at radius 3 is 2.76 bits per heavy atom. The van der Waals surface area contributed by atoms with Crippen LogP contribution < -0.4 is 5.32 Å². The van der Waals surface area contributed by atoms with Crippen molar-refractivity contribution in [3.05, 3.63) is 0 Å². The van der Waals surface area contributed by atoms with Crippen LogP contribution in [-0.4, -0.2) is 48.8 Å². The normalized spacial score (nSPS) is 33.6. The van der Waals surface area contributed by atoms with Crippen LogP contribution in [0.3, 0.4) is 0 Å². The molecule has 0 amide bonds. The summed E-state index contributed by atoms with van der Waals surface area (Å²) >= 11 is 0. The summed E-state index contributed by atoms with van der Waals surface area (Å²) in [6.45, 7) is 7.10. The predicted molar refractivity (Wildman–Crippen MR) is 87.7 cm³/mol. The second-order valence-electron chi connectivity index (χ2n) is 7.58.